The van der Waals surface area contributed by atoms with Crippen LogP contribution in [-0.2, 0) is 0 Å². The van der Waals surface area contributed by atoms with E-state index in [9.17, 15) is 9.18 Å². The maximum Gasteiger partial charge on any atom is 0.255 e. The van der Waals surface area contributed by atoms with Gasteiger partial charge in [-0.2, -0.15) is 0 Å². The van der Waals surface area contributed by atoms with E-state index in [-0.39, 0.29) is 5.75 Å². The molecule has 0 atom stereocenters. The third-order valence-corrected chi connectivity index (χ3v) is 2.89. The number of hydrogen-bond acceptors (Lipinski definition) is 3. The Bertz CT molecular complexity index is 656. The summed E-state index contributed by atoms with van der Waals surface area (Å²) in [5.41, 5.74) is 6.63. The summed E-state index contributed by atoms with van der Waals surface area (Å²) in [4.78, 5) is 12.1. The van der Waals surface area contributed by atoms with Crippen molar-refractivity contribution in [1.29, 1.82) is 0 Å². The van der Waals surface area contributed by atoms with Crippen LogP contribution in [0.1, 0.15) is 17.3 Å². The summed E-state index contributed by atoms with van der Waals surface area (Å²) >= 11 is 5.84. The fourth-order valence-electron chi connectivity index (χ4n) is 1.80. The van der Waals surface area contributed by atoms with Crippen molar-refractivity contribution in [2.75, 3.05) is 17.7 Å². The van der Waals surface area contributed by atoms with E-state index in [1.807, 2.05) is 0 Å². The Kier molecular flexibility index (Phi) is 4.65. The third-order valence-electron chi connectivity index (χ3n) is 2.67. The Balaban J connectivity index is 2.17. The van der Waals surface area contributed by atoms with Crippen LogP contribution in [0.5, 0.6) is 5.75 Å². The zero-order chi connectivity index (χ0) is 15.4. The minimum atomic E-state index is -0.541. The lowest BCUT2D eigenvalue weighted by Gasteiger charge is -2.09. The number of amides is 1. The Morgan fingerprint density at radius 1 is 1.33 bits per heavy atom. The average Bonchev–Trinajstić information content (AvgIpc) is 2.41. The molecule has 0 bridgehead atoms. The van der Waals surface area contributed by atoms with Crippen molar-refractivity contribution in [2.24, 2.45) is 0 Å². The van der Waals surface area contributed by atoms with Gasteiger partial charge in [-0.1, -0.05) is 11.6 Å². The van der Waals surface area contributed by atoms with Crippen LogP contribution in [0.3, 0.4) is 0 Å². The molecule has 3 N–H and O–H groups in total. The SMILES string of the molecule is CCOc1ccc(NC(=O)c2cc(N)cc(Cl)c2)cc1F. The van der Waals surface area contributed by atoms with E-state index < -0.39 is 11.7 Å². The molecule has 1 amide bonds. The van der Waals surface area contributed by atoms with Crippen LogP contribution >= 0.6 is 11.6 Å². The van der Waals surface area contributed by atoms with Gasteiger partial charge in [0.25, 0.3) is 5.91 Å². The highest BCUT2D eigenvalue weighted by Gasteiger charge is 2.10. The molecule has 6 heteroatoms. The Morgan fingerprint density at radius 3 is 2.71 bits per heavy atom. The number of halogens is 2. The number of ether oxygens (including phenoxy) is 1. The zero-order valence-electron chi connectivity index (χ0n) is 11.3. The van der Waals surface area contributed by atoms with Crippen LogP contribution in [0.4, 0.5) is 15.8 Å². The quantitative estimate of drug-likeness (QED) is 0.846. The molecule has 0 aliphatic rings. The molecule has 2 aromatic carbocycles. The van der Waals surface area contributed by atoms with Gasteiger partial charge in [-0.25, -0.2) is 4.39 Å². The van der Waals surface area contributed by atoms with Crippen LogP contribution in [0.25, 0.3) is 0 Å². The molecule has 110 valence electrons. The summed E-state index contributed by atoms with van der Waals surface area (Å²) in [6, 6.07) is 8.72. The van der Waals surface area contributed by atoms with Gasteiger partial charge in [-0.15, -0.1) is 0 Å². The molecule has 0 aromatic heterocycles. The van der Waals surface area contributed by atoms with E-state index in [1.54, 1.807) is 13.0 Å². The molecular formula is C15H14ClFN2O2. The molecule has 0 saturated carbocycles. The normalized spacial score (nSPS) is 10.2. The number of benzene rings is 2. The molecule has 0 heterocycles. The Hall–Kier alpha value is -2.27. The van der Waals surface area contributed by atoms with Gasteiger partial charge in [0.05, 0.1) is 6.61 Å². The highest BCUT2D eigenvalue weighted by Crippen LogP contribution is 2.22. The van der Waals surface area contributed by atoms with E-state index in [0.29, 0.717) is 28.6 Å². The summed E-state index contributed by atoms with van der Waals surface area (Å²) in [5.74, 6) is -0.824. The molecular weight excluding hydrogens is 295 g/mol. The number of hydrogen-bond donors (Lipinski definition) is 2. The predicted octanol–water partition coefficient (Wildman–Crippen LogP) is 3.71. The number of carbonyl (C=O) groups is 1. The van der Waals surface area contributed by atoms with Crippen molar-refractivity contribution < 1.29 is 13.9 Å². The van der Waals surface area contributed by atoms with Crippen molar-refractivity contribution in [3.8, 4) is 5.75 Å². The van der Waals surface area contributed by atoms with Crippen LogP contribution < -0.4 is 15.8 Å². The lowest BCUT2D eigenvalue weighted by atomic mass is 10.2. The first-order chi connectivity index (χ1) is 9.99. The predicted molar refractivity (Wildman–Crippen MR) is 81.4 cm³/mol. The van der Waals surface area contributed by atoms with Gasteiger partial charge in [0.2, 0.25) is 0 Å². The summed E-state index contributed by atoms with van der Waals surface area (Å²) in [7, 11) is 0. The Morgan fingerprint density at radius 2 is 2.10 bits per heavy atom. The van der Waals surface area contributed by atoms with Crippen molar-refractivity contribution >= 4 is 28.9 Å². The molecule has 21 heavy (non-hydrogen) atoms. The van der Waals surface area contributed by atoms with Gasteiger partial charge in [-0.3, -0.25) is 4.79 Å². The van der Waals surface area contributed by atoms with Gasteiger partial charge < -0.3 is 15.8 Å². The number of nitrogens with two attached hydrogens (primary N) is 1. The highest BCUT2D eigenvalue weighted by molar-refractivity contribution is 6.31. The van der Waals surface area contributed by atoms with Crippen molar-refractivity contribution in [2.45, 2.75) is 6.92 Å². The second-order valence-electron chi connectivity index (χ2n) is 4.31. The largest absolute Gasteiger partial charge is 0.491 e. The molecule has 0 aliphatic carbocycles. The molecule has 2 aromatic rings. The monoisotopic (exact) mass is 308 g/mol. The Labute approximate surface area is 126 Å². The fourth-order valence-corrected chi connectivity index (χ4v) is 2.04. The van der Waals surface area contributed by atoms with Crippen LogP contribution in [0.15, 0.2) is 36.4 Å². The minimum absolute atomic E-state index is 0.141. The number of nitrogen functional groups attached to an aromatic ring is 1. The second kappa shape index (κ2) is 6.45. The van der Waals surface area contributed by atoms with Gasteiger partial charge in [0, 0.05) is 28.0 Å². The minimum Gasteiger partial charge on any atom is -0.491 e. The topological polar surface area (TPSA) is 64.3 Å². The standard InChI is InChI=1S/C15H14ClFN2O2/c1-2-21-14-4-3-12(8-13(14)17)19-15(20)9-5-10(16)7-11(18)6-9/h3-8H,2,18H2,1H3,(H,19,20). The highest BCUT2D eigenvalue weighted by atomic mass is 35.5. The van der Waals surface area contributed by atoms with Crippen LogP contribution in [-0.4, -0.2) is 12.5 Å². The molecule has 0 unspecified atom stereocenters. The second-order valence-corrected chi connectivity index (χ2v) is 4.74. The van der Waals surface area contributed by atoms with E-state index >= 15 is 0 Å². The van der Waals surface area contributed by atoms with E-state index in [2.05, 4.69) is 5.32 Å². The number of anilines is 2. The van der Waals surface area contributed by atoms with Gasteiger partial charge >= 0.3 is 0 Å². The molecule has 0 saturated heterocycles. The van der Waals surface area contributed by atoms with Crippen molar-refractivity contribution in [3.05, 3.63) is 52.8 Å². The molecule has 0 aliphatic heterocycles. The number of carbonyl (C=O) groups excluding carboxylic acids is 1. The maximum absolute atomic E-state index is 13.7. The first-order valence-corrected chi connectivity index (χ1v) is 6.67. The van der Waals surface area contributed by atoms with Gasteiger partial charge in [-0.05, 0) is 37.3 Å². The molecule has 0 radical (unpaired) electrons. The smallest absolute Gasteiger partial charge is 0.255 e. The average molecular weight is 309 g/mol. The maximum atomic E-state index is 13.7. The number of nitrogens with one attached hydrogen (secondary N) is 1. The summed E-state index contributed by atoms with van der Waals surface area (Å²) < 4.78 is 18.8. The molecule has 4 nitrogen and oxygen atoms in total. The summed E-state index contributed by atoms with van der Waals surface area (Å²) in [6.45, 7) is 2.13. The molecule has 2 rings (SSSR count). The van der Waals surface area contributed by atoms with E-state index in [1.165, 1.54) is 30.3 Å². The summed E-state index contributed by atoms with van der Waals surface area (Å²) in [6.07, 6.45) is 0. The number of rotatable bonds is 4. The van der Waals surface area contributed by atoms with Gasteiger partial charge in [0.15, 0.2) is 11.6 Å². The lowest BCUT2D eigenvalue weighted by Crippen LogP contribution is -2.12. The van der Waals surface area contributed by atoms with E-state index in [4.69, 9.17) is 22.1 Å². The lowest BCUT2D eigenvalue weighted by molar-refractivity contribution is 0.102. The van der Waals surface area contributed by atoms with Crippen LogP contribution in [0, 0.1) is 5.82 Å². The van der Waals surface area contributed by atoms with Gasteiger partial charge in [0.1, 0.15) is 0 Å². The first-order valence-electron chi connectivity index (χ1n) is 6.29. The first kappa shape index (κ1) is 15.1. The van der Waals surface area contributed by atoms with Crippen LogP contribution in [0.2, 0.25) is 5.02 Å². The fraction of sp³-hybridized carbons (Fsp3) is 0.133. The van der Waals surface area contributed by atoms with Crippen molar-refractivity contribution in [1.82, 2.24) is 0 Å². The summed E-state index contributed by atoms with van der Waals surface area (Å²) in [5, 5.41) is 2.93. The van der Waals surface area contributed by atoms with Crippen molar-refractivity contribution in [3.63, 3.8) is 0 Å². The van der Waals surface area contributed by atoms with E-state index in [0.717, 1.165) is 0 Å². The molecule has 0 fully saturated rings. The third kappa shape index (κ3) is 3.86. The zero-order valence-corrected chi connectivity index (χ0v) is 12.1. The molecule has 0 spiro atoms.